The van der Waals surface area contributed by atoms with E-state index in [2.05, 4.69) is 269 Å². The molecule has 0 unspecified atom stereocenters. The highest BCUT2D eigenvalue weighted by molar-refractivity contribution is 7.26. The van der Waals surface area contributed by atoms with Gasteiger partial charge in [-0.15, -0.1) is 22.7 Å². The molecular formula is C81H48ClN5S2. The quantitative estimate of drug-likeness (QED) is 0.165. The Balaban J connectivity index is 0.000000110. The van der Waals surface area contributed by atoms with Crippen molar-refractivity contribution < 1.29 is 0 Å². The van der Waals surface area contributed by atoms with Crippen molar-refractivity contribution in [1.82, 2.24) is 24.5 Å². The highest BCUT2D eigenvalue weighted by Gasteiger charge is 2.24. The van der Waals surface area contributed by atoms with E-state index in [1.54, 1.807) is 22.7 Å². The first-order valence-corrected chi connectivity index (χ1v) is 31.9. The zero-order valence-electron chi connectivity index (χ0n) is 47.7. The zero-order valence-corrected chi connectivity index (χ0v) is 50.1. The van der Waals surface area contributed by atoms with Crippen LogP contribution in [-0.2, 0) is 6.42 Å². The van der Waals surface area contributed by atoms with Gasteiger partial charge in [-0.3, -0.25) is 4.57 Å². The topological polar surface area (TPSA) is 56.5 Å². The molecule has 0 N–H and O–H groups in total. The second-order valence-corrected chi connectivity index (χ2v) is 25.4. The van der Waals surface area contributed by atoms with Crippen LogP contribution in [0.3, 0.4) is 0 Å². The number of fused-ring (bicyclic) bond motifs is 20. The second kappa shape index (κ2) is 20.8. The average Bonchev–Trinajstić information content (AvgIpc) is 1.71. The van der Waals surface area contributed by atoms with Gasteiger partial charge in [-0.1, -0.05) is 231 Å². The van der Waals surface area contributed by atoms with E-state index in [-0.39, 0.29) is 5.28 Å². The maximum absolute atomic E-state index is 6.23. The lowest BCUT2D eigenvalue weighted by Gasteiger charge is -2.11. The fourth-order valence-corrected chi connectivity index (χ4v) is 16.1. The summed E-state index contributed by atoms with van der Waals surface area (Å²) in [7, 11) is 0. The number of nitrogens with zero attached hydrogens (tertiary/aromatic N) is 5. The minimum Gasteiger partial charge on any atom is -0.278 e. The number of hydrogen-bond donors (Lipinski definition) is 0. The standard InChI is InChI=1S/C40H23N3S.C21H14.C20H11ClN2S/c1-2-11-26-21-29(18-17-24(26)9-1)37-39-38(31-15-7-8-16-35(31)44-39)42-40(41-37)43-33-20-19-25-10-5-6-14-30(25)36(33)32-22-27-12-3-4-13-28(27)23-34(32)43;1-2-7-16-13-20-18(11-15(16)6-1)12-17-10-9-14-5-3-4-8-19(14)21(17)20;21-20-22-17(14-10-9-12-5-1-2-6-13(12)11-14)19-18(23-20)15-7-3-4-8-16(15)24-19/h1-23H;1-11,13H,12H2;1-11H. The van der Waals surface area contributed by atoms with Gasteiger partial charge in [0.2, 0.25) is 11.2 Å². The van der Waals surface area contributed by atoms with Gasteiger partial charge < -0.3 is 0 Å². The predicted octanol–water partition coefficient (Wildman–Crippen LogP) is 23.0. The van der Waals surface area contributed by atoms with Crippen LogP contribution in [0.1, 0.15) is 11.1 Å². The van der Waals surface area contributed by atoms with E-state index in [9.17, 15) is 0 Å². The summed E-state index contributed by atoms with van der Waals surface area (Å²) >= 11 is 9.72. The molecule has 0 fully saturated rings. The molecule has 8 heteroatoms. The fourth-order valence-electron chi connectivity index (χ4n) is 13.6. The summed E-state index contributed by atoms with van der Waals surface area (Å²) in [5.74, 6) is 0.690. The molecule has 0 bridgehead atoms. The van der Waals surface area contributed by atoms with Gasteiger partial charge in [0, 0.05) is 42.1 Å². The van der Waals surface area contributed by atoms with Crippen LogP contribution in [0.4, 0.5) is 0 Å². The molecule has 0 atom stereocenters. The van der Waals surface area contributed by atoms with Crippen LogP contribution in [-0.4, -0.2) is 24.5 Å². The second-order valence-electron chi connectivity index (χ2n) is 23.0. The van der Waals surface area contributed by atoms with Crippen molar-refractivity contribution in [3.8, 4) is 39.6 Å². The number of hydrogen-bond acceptors (Lipinski definition) is 6. The van der Waals surface area contributed by atoms with Crippen LogP contribution < -0.4 is 0 Å². The van der Waals surface area contributed by atoms with Crippen molar-refractivity contribution in [1.29, 1.82) is 0 Å². The van der Waals surface area contributed by atoms with Crippen molar-refractivity contribution in [3.63, 3.8) is 0 Å². The number of rotatable bonds is 3. The molecule has 0 saturated carbocycles. The van der Waals surface area contributed by atoms with Gasteiger partial charge in [-0.05, 0) is 153 Å². The van der Waals surface area contributed by atoms with Crippen LogP contribution in [0.5, 0.6) is 0 Å². The normalized spacial score (nSPS) is 12.1. The molecule has 0 amide bonds. The fraction of sp³-hybridized carbons (Fsp3) is 0.0123. The monoisotopic (exact) mass is 1190 g/mol. The summed E-state index contributed by atoms with van der Waals surface area (Å²) in [6.45, 7) is 0. The van der Waals surface area contributed by atoms with Gasteiger partial charge in [0.15, 0.2) is 0 Å². The van der Waals surface area contributed by atoms with Gasteiger partial charge >= 0.3 is 0 Å². The molecule has 416 valence electrons. The molecule has 89 heavy (non-hydrogen) atoms. The first-order valence-electron chi connectivity index (χ1n) is 29.9. The molecule has 5 aromatic heterocycles. The largest absolute Gasteiger partial charge is 0.278 e. The van der Waals surface area contributed by atoms with Crippen LogP contribution in [0.2, 0.25) is 5.28 Å². The minimum absolute atomic E-state index is 0.286. The Labute approximate surface area is 523 Å². The number of aromatic nitrogens is 5. The molecule has 14 aromatic carbocycles. The van der Waals surface area contributed by atoms with Crippen molar-refractivity contribution in [2.45, 2.75) is 6.42 Å². The molecule has 20 rings (SSSR count). The third-order valence-electron chi connectivity index (χ3n) is 17.8. The Kier molecular flexibility index (Phi) is 12.0. The zero-order chi connectivity index (χ0) is 58.7. The maximum Gasteiger partial charge on any atom is 0.235 e. The highest BCUT2D eigenvalue weighted by Crippen LogP contribution is 2.46. The summed E-state index contributed by atoms with van der Waals surface area (Å²) < 4.78 is 6.89. The molecule has 0 radical (unpaired) electrons. The molecule has 19 aromatic rings. The minimum atomic E-state index is 0.286. The number of benzene rings is 14. The Morgan fingerprint density at radius 3 is 1.42 bits per heavy atom. The van der Waals surface area contributed by atoms with Crippen molar-refractivity contribution in [2.75, 3.05) is 0 Å². The summed E-state index contributed by atoms with van der Waals surface area (Å²) in [4.78, 5) is 19.8. The molecule has 1 aliphatic rings. The molecule has 0 spiro atoms. The summed E-state index contributed by atoms with van der Waals surface area (Å²) in [6.07, 6.45) is 1.06. The number of halogens is 1. The first-order chi connectivity index (χ1) is 44.0. The van der Waals surface area contributed by atoms with Gasteiger partial charge in [0.05, 0.1) is 42.9 Å². The molecule has 5 heterocycles. The van der Waals surface area contributed by atoms with E-state index in [0.717, 1.165) is 71.2 Å². The first kappa shape index (κ1) is 51.5. The molecule has 5 nitrogen and oxygen atoms in total. The van der Waals surface area contributed by atoms with Crippen LogP contribution >= 0.6 is 34.3 Å². The summed E-state index contributed by atoms with van der Waals surface area (Å²) in [5, 5.41) is 20.1. The Hall–Kier alpha value is -10.7. The van der Waals surface area contributed by atoms with Gasteiger partial charge in [0.1, 0.15) is 0 Å². The maximum atomic E-state index is 6.23. The van der Waals surface area contributed by atoms with Gasteiger partial charge in [0.25, 0.3) is 0 Å². The van der Waals surface area contributed by atoms with Crippen molar-refractivity contribution in [3.05, 3.63) is 295 Å². The Bertz CT molecular complexity index is 6140. The van der Waals surface area contributed by atoms with E-state index in [4.69, 9.17) is 21.6 Å². The average molecular weight is 1190 g/mol. The van der Waals surface area contributed by atoms with Crippen molar-refractivity contribution in [2.24, 2.45) is 0 Å². The SMILES string of the molecule is Clc1nc(-c2ccc3ccccc3c2)c2sc3ccccc3c2n1.c1ccc2cc(-c3nc(-n4c5cc6ccccc6cc5c5c6ccccc6ccc54)nc4c3sc3ccccc34)ccc2c1.c1ccc2cc3c(cc2c1)Cc1ccc2ccccc2c1-3. The smallest absolute Gasteiger partial charge is 0.235 e. The molecular weight excluding hydrogens is 1140 g/mol. The predicted molar refractivity (Wildman–Crippen MR) is 380 cm³/mol. The van der Waals surface area contributed by atoms with Crippen LogP contribution in [0, 0.1) is 0 Å². The number of thiophene rings is 2. The van der Waals surface area contributed by atoms with Crippen molar-refractivity contribution >= 4 is 161 Å². The molecule has 1 aliphatic carbocycles. The Morgan fingerprint density at radius 2 is 0.787 bits per heavy atom. The molecule has 0 saturated heterocycles. The lowest BCUT2D eigenvalue weighted by molar-refractivity contribution is 1.02. The van der Waals surface area contributed by atoms with Gasteiger partial charge in [-0.25, -0.2) is 19.9 Å². The van der Waals surface area contributed by atoms with E-state index < -0.39 is 0 Å². The van der Waals surface area contributed by atoms with Crippen LogP contribution in [0.25, 0.3) is 167 Å². The van der Waals surface area contributed by atoms with Gasteiger partial charge in [-0.2, -0.15) is 0 Å². The van der Waals surface area contributed by atoms with E-state index in [1.165, 1.54) is 107 Å². The lowest BCUT2D eigenvalue weighted by Crippen LogP contribution is -2.02. The lowest BCUT2D eigenvalue weighted by atomic mass is 9.96. The van der Waals surface area contributed by atoms with Crippen LogP contribution in [0.15, 0.2) is 279 Å². The third-order valence-corrected chi connectivity index (χ3v) is 20.3. The van der Waals surface area contributed by atoms with E-state index in [0.29, 0.717) is 5.95 Å². The highest BCUT2D eigenvalue weighted by atomic mass is 35.5. The van der Waals surface area contributed by atoms with E-state index >= 15 is 0 Å². The summed E-state index contributed by atoms with van der Waals surface area (Å²) in [5.41, 5.74) is 13.9. The Morgan fingerprint density at radius 1 is 0.326 bits per heavy atom. The summed E-state index contributed by atoms with van der Waals surface area (Å²) in [6, 6.07) is 99.7. The third kappa shape index (κ3) is 8.64. The van der Waals surface area contributed by atoms with E-state index in [1.807, 2.05) is 24.3 Å². The molecule has 0 aliphatic heterocycles.